The van der Waals surface area contributed by atoms with Gasteiger partial charge in [0.2, 0.25) is 6.29 Å². The maximum atomic E-state index is 5.48. The van der Waals surface area contributed by atoms with Crippen molar-refractivity contribution in [3.63, 3.8) is 0 Å². The molecule has 0 bridgehead atoms. The van der Waals surface area contributed by atoms with Crippen LogP contribution in [0.5, 0.6) is 0 Å². The lowest BCUT2D eigenvalue weighted by Gasteiger charge is -2.13. The normalized spacial score (nSPS) is 11.4. The van der Waals surface area contributed by atoms with E-state index in [9.17, 15) is 0 Å². The third kappa shape index (κ3) is 3.82. The van der Waals surface area contributed by atoms with Gasteiger partial charge in [-0.05, 0) is 20.8 Å². The van der Waals surface area contributed by atoms with Crippen molar-refractivity contribution in [2.45, 2.75) is 33.6 Å². The monoisotopic (exact) mass is 282 g/mol. The minimum atomic E-state index is -0.444. The SMILES string of the molecule is CCOC(OCC)c1cn(Cc2csc(C)n2)nn1. The smallest absolute Gasteiger partial charge is 0.204 e. The van der Waals surface area contributed by atoms with Gasteiger partial charge in [0.15, 0.2) is 0 Å². The van der Waals surface area contributed by atoms with Gasteiger partial charge in [-0.1, -0.05) is 5.21 Å². The summed E-state index contributed by atoms with van der Waals surface area (Å²) < 4.78 is 12.7. The number of thiazole rings is 1. The molecule has 6 nitrogen and oxygen atoms in total. The second kappa shape index (κ2) is 6.74. The fourth-order valence-corrected chi connectivity index (χ4v) is 2.27. The van der Waals surface area contributed by atoms with Crippen LogP contribution in [0.3, 0.4) is 0 Å². The Hall–Kier alpha value is -1.31. The largest absolute Gasteiger partial charge is 0.347 e. The van der Waals surface area contributed by atoms with Crippen molar-refractivity contribution in [2.24, 2.45) is 0 Å². The first-order valence-electron chi connectivity index (χ1n) is 6.27. The standard InChI is InChI=1S/C12H18N4O2S/c1-4-17-12(18-5-2)11-7-16(15-14-11)6-10-8-19-9(3)13-10/h7-8,12H,4-6H2,1-3H3. The summed E-state index contributed by atoms with van der Waals surface area (Å²) in [6.45, 7) is 7.60. The molecule has 19 heavy (non-hydrogen) atoms. The first kappa shape index (κ1) is 14.1. The highest BCUT2D eigenvalue weighted by Crippen LogP contribution is 2.16. The Labute approximate surface area is 116 Å². The number of aromatic nitrogens is 4. The van der Waals surface area contributed by atoms with Crippen molar-refractivity contribution in [1.82, 2.24) is 20.0 Å². The van der Waals surface area contributed by atoms with E-state index in [1.165, 1.54) is 0 Å². The highest BCUT2D eigenvalue weighted by molar-refractivity contribution is 7.09. The average molecular weight is 282 g/mol. The Morgan fingerprint density at radius 3 is 2.63 bits per heavy atom. The van der Waals surface area contributed by atoms with Gasteiger partial charge in [0.1, 0.15) is 5.69 Å². The predicted molar refractivity (Wildman–Crippen MR) is 72.0 cm³/mol. The topological polar surface area (TPSA) is 62.1 Å². The van der Waals surface area contributed by atoms with E-state index in [2.05, 4.69) is 15.3 Å². The summed E-state index contributed by atoms with van der Waals surface area (Å²) >= 11 is 1.63. The lowest BCUT2D eigenvalue weighted by molar-refractivity contribution is -0.142. The van der Waals surface area contributed by atoms with Crippen molar-refractivity contribution in [2.75, 3.05) is 13.2 Å². The molecule has 0 aromatic carbocycles. The molecular formula is C12H18N4O2S. The Bertz CT molecular complexity index is 505. The Kier molecular flexibility index (Phi) is 5.00. The molecule has 2 aromatic rings. The number of aryl methyl sites for hydroxylation is 1. The van der Waals surface area contributed by atoms with Gasteiger partial charge < -0.3 is 9.47 Å². The van der Waals surface area contributed by atoms with Gasteiger partial charge in [0.25, 0.3) is 0 Å². The van der Waals surface area contributed by atoms with Crippen LogP contribution in [0.15, 0.2) is 11.6 Å². The molecule has 2 aromatic heterocycles. The highest BCUT2D eigenvalue weighted by Gasteiger charge is 2.15. The Morgan fingerprint density at radius 1 is 1.32 bits per heavy atom. The molecular weight excluding hydrogens is 264 g/mol. The van der Waals surface area contributed by atoms with E-state index < -0.39 is 6.29 Å². The lowest BCUT2D eigenvalue weighted by Crippen LogP contribution is -2.09. The summed E-state index contributed by atoms with van der Waals surface area (Å²) in [5.41, 5.74) is 1.68. The van der Waals surface area contributed by atoms with E-state index in [1.807, 2.05) is 32.3 Å². The van der Waals surface area contributed by atoms with Gasteiger partial charge >= 0.3 is 0 Å². The van der Waals surface area contributed by atoms with Crippen molar-refractivity contribution in [3.05, 3.63) is 28.0 Å². The maximum absolute atomic E-state index is 5.48. The van der Waals surface area contributed by atoms with E-state index in [1.54, 1.807) is 16.0 Å². The van der Waals surface area contributed by atoms with Crippen LogP contribution in [-0.2, 0) is 16.0 Å². The average Bonchev–Trinajstić information content (AvgIpc) is 2.99. The van der Waals surface area contributed by atoms with Gasteiger partial charge in [-0.25, -0.2) is 9.67 Å². The summed E-state index contributed by atoms with van der Waals surface area (Å²) in [6.07, 6.45) is 1.39. The number of ether oxygens (including phenoxy) is 2. The molecule has 2 rings (SSSR count). The molecule has 0 radical (unpaired) electrons. The third-order valence-corrected chi connectivity index (χ3v) is 3.25. The molecule has 0 spiro atoms. The van der Waals surface area contributed by atoms with Gasteiger partial charge in [-0.3, -0.25) is 0 Å². The fraction of sp³-hybridized carbons (Fsp3) is 0.583. The minimum Gasteiger partial charge on any atom is -0.347 e. The van der Waals surface area contributed by atoms with E-state index in [0.29, 0.717) is 25.5 Å². The van der Waals surface area contributed by atoms with Crippen molar-refractivity contribution >= 4 is 11.3 Å². The third-order valence-electron chi connectivity index (χ3n) is 2.42. The van der Waals surface area contributed by atoms with E-state index in [-0.39, 0.29) is 0 Å². The van der Waals surface area contributed by atoms with Crippen LogP contribution < -0.4 is 0 Å². The second-order valence-corrected chi connectivity index (χ2v) is 5.00. The molecule has 0 aliphatic heterocycles. The van der Waals surface area contributed by atoms with Crippen molar-refractivity contribution in [3.8, 4) is 0 Å². The molecule has 0 aliphatic rings. The molecule has 0 fully saturated rings. The first-order chi connectivity index (χ1) is 9.22. The highest BCUT2D eigenvalue weighted by atomic mass is 32.1. The molecule has 7 heteroatoms. The second-order valence-electron chi connectivity index (χ2n) is 3.94. The van der Waals surface area contributed by atoms with E-state index >= 15 is 0 Å². The van der Waals surface area contributed by atoms with Crippen LogP contribution in [0, 0.1) is 6.92 Å². The molecule has 2 heterocycles. The molecule has 0 saturated carbocycles. The number of hydrogen-bond donors (Lipinski definition) is 0. The van der Waals surface area contributed by atoms with Crippen LogP contribution in [0.25, 0.3) is 0 Å². The fourth-order valence-electron chi connectivity index (χ4n) is 1.67. The number of nitrogens with zero attached hydrogens (tertiary/aromatic N) is 4. The molecule has 0 atom stereocenters. The molecule has 104 valence electrons. The Balaban J connectivity index is 2.04. The summed E-state index contributed by atoms with van der Waals surface area (Å²) in [5.74, 6) is 0. The number of hydrogen-bond acceptors (Lipinski definition) is 6. The van der Waals surface area contributed by atoms with E-state index in [0.717, 1.165) is 10.7 Å². The summed E-state index contributed by atoms with van der Waals surface area (Å²) in [4.78, 5) is 4.40. The van der Waals surface area contributed by atoms with Crippen molar-refractivity contribution in [1.29, 1.82) is 0 Å². The van der Waals surface area contributed by atoms with Crippen LogP contribution in [-0.4, -0.2) is 33.2 Å². The van der Waals surface area contributed by atoms with Crippen molar-refractivity contribution < 1.29 is 9.47 Å². The molecule has 0 saturated heterocycles. The quantitative estimate of drug-likeness (QED) is 0.728. The minimum absolute atomic E-state index is 0.444. The van der Waals surface area contributed by atoms with Gasteiger partial charge in [0, 0.05) is 18.6 Å². The van der Waals surface area contributed by atoms with Crippen LogP contribution in [0.2, 0.25) is 0 Å². The number of rotatable bonds is 7. The van der Waals surface area contributed by atoms with Gasteiger partial charge in [-0.15, -0.1) is 16.4 Å². The molecule has 0 unspecified atom stereocenters. The van der Waals surface area contributed by atoms with Crippen LogP contribution in [0.1, 0.15) is 36.5 Å². The zero-order valence-electron chi connectivity index (χ0n) is 11.4. The summed E-state index contributed by atoms with van der Waals surface area (Å²) in [5, 5.41) is 11.3. The summed E-state index contributed by atoms with van der Waals surface area (Å²) in [6, 6.07) is 0. The zero-order valence-corrected chi connectivity index (χ0v) is 12.2. The predicted octanol–water partition coefficient (Wildman–Crippen LogP) is 2.16. The Morgan fingerprint density at radius 2 is 2.05 bits per heavy atom. The molecule has 0 aliphatic carbocycles. The lowest BCUT2D eigenvalue weighted by atomic mass is 10.4. The summed E-state index contributed by atoms with van der Waals surface area (Å²) in [7, 11) is 0. The van der Waals surface area contributed by atoms with Crippen LogP contribution >= 0.6 is 11.3 Å². The first-order valence-corrected chi connectivity index (χ1v) is 7.15. The zero-order chi connectivity index (χ0) is 13.7. The van der Waals surface area contributed by atoms with Gasteiger partial charge in [-0.2, -0.15) is 0 Å². The van der Waals surface area contributed by atoms with Gasteiger partial charge in [0.05, 0.1) is 23.4 Å². The van der Waals surface area contributed by atoms with Crippen LogP contribution in [0.4, 0.5) is 0 Å². The maximum Gasteiger partial charge on any atom is 0.204 e. The molecule has 0 N–H and O–H groups in total. The van der Waals surface area contributed by atoms with E-state index in [4.69, 9.17) is 9.47 Å². The molecule has 0 amide bonds.